The highest BCUT2D eigenvalue weighted by molar-refractivity contribution is 5.66. The van der Waals surface area contributed by atoms with Crippen LogP contribution in [-0.2, 0) is 4.79 Å². The Balaban J connectivity index is 1.91. The van der Waals surface area contributed by atoms with E-state index in [1.807, 2.05) is 12.1 Å². The molecule has 3 heteroatoms. The first kappa shape index (κ1) is 15.4. The van der Waals surface area contributed by atoms with Gasteiger partial charge in [-0.05, 0) is 37.0 Å². The summed E-state index contributed by atoms with van der Waals surface area (Å²) in [7, 11) is 0. The van der Waals surface area contributed by atoms with E-state index < -0.39 is 5.97 Å². The Bertz CT molecular complexity index is 374. The minimum atomic E-state index is -0.679. The lowest BCUT2D eigenvalue weighted by atomic mass is 10.1. The number of carbonyl (C=O) groups is 1. The van der Waals surface area contributed by atoms with Gasteiger partial charge in [0.25, 0.3) is 0 Å². The van der Waals surface area contributed by atoms with Gasteiger partial charge in [-0.25, -0.2) is 0 Å². The van der Waals surface area contributed by atoms with Gasteiger partial charge < -0.3 is 5.11 Å². The van der Waals surface area contributed by atoms with Gasteiger partial charge in [-0.1, -0.05) is 37.8 Å². The number of allylic oxidation sites excluding steroid dienone is 1. The lowest BCUT2D eigenvalue weighted by Gasteiger charge is -1.99. The predicted molar refractivity (Wildman–Crippen MR) is 77.8 cm³/mol. The van der Waals surface area contributed by atoms with Gasteiger partial charge in [-0.3, -0.25) is 9.78 Å². The van der Waals surface area contributed by atoms with Crippen molar-refractivity contribution in [2.45, 2.75) is 51.4 Å². The minimum Gasteiger partial charge on any atom is -0.481 e. The number of carboxylic acid groups (broad SMARTS) is 1. The van der Waals surface area contributed by atoms with Crippen molar-refractivity contribution >= 4 is 12.0 Å². The van der Waals surface area contributed by atoms with Gasteiger partial charge in [0, 0.05) is 18.8 Å². The Kier molecular flexibility index (Phi) is 8.36. The van der Waals surface area contributed by atoms with Crippen molar-refractivity contribution in [3.8, 4) is 0 Å². The second-order valence-corrected chi connectivity index (χ2v) is 4.74. The third-order valence-corrected chi connectivity index (χ3v) is 3.03. The molecule has 0 aromatic carbocycles. The van der Waals surface area contributed by atoms with E-state index in [4.69, 9.17) is 5.11 Å². The average Bonchev–Trinajstić information content (AvgIpc) is 2.42. The third-order valence-electron chi connectivity index (χ3n) is 3.03. The first-order valence-corrected chi connectivity index (χ1v) is 7.07. The Labute approximate surface area is 115 Å². The molecule has 0 atom stereocenters. The Morgan fingerprint density at radius 3 is 2.37 bits per heavy atom. The number of nitrogens with zero attached hydrogens (tertiary/aromatic N) is 1. The lowest BCUT2D eigenvalue weighted by Crippen LogP contribution is -1.93. The number of pyridine rings is 1. The molecule has 0 amide bonds. The molecule has 3 nitrogen and oxygen atoms in total. The highest BCUT2D eigenvalue weighted by Crippen LogP contribution is 2.09. The molecule has 0 bridgehead atoms. The van der Waals surface area contributed by atoms with Crippen LogP contribution in [0.4, 0.5) is 0 Å². The molecular weight excluding hydrogens is 238 g/mol. The summed E-state index contributed by atoms with van der Waals surface area (Å²) in [5.41, 5.74) is 1.20. The molecule has 0 aliphatic rings. The first-order valence-electron chi connectivity index (χ1n) is 7.07. The summed E-state index contributed by atoms with van der Waals surface area (Å²) in [4.78, 5) is 14.3. The Hall–Kier alpha value is -1.64. The predicted octanol–water partition coefficient (Wildman–Crippen LogP) is 4.30. The van der Waals surface area contributed by atoms with Crippen LogP contribution in [0.2, 0.25) is 0 Å². The normalized spacial score (nSPS) is 10.9. The van der Waals surface area contributed by atoms with Crippen molar-refractivity contribution in [2.75, 3.05) is 0 Å². The maximum absolute atomic E-state index is 10.3. The SMILES string of the molecule is O=C(O)CCCCCCCCC=Cc1ccncc1. The van der Waals surface area contributed by atoms with Gasteiger partial charge in [0.1, 0.15) is 0 Å². The summed E-state index contributed by atoms with van der Waals surface area (Å²) in [6.07, 6.45) is 16.0. The molecule has 104 valence electrons. The van der Waals surface area contributed by atoms with Crippen molar-refractivity contribution in [3.05, 3.63) is 36.2 Å². The van der Waals surface area contributed by atoms with E-state index in [2.05, 4.69) is 17.1 Å². The van der Waals surface area contributed by atoms with Crippen LogP contribution in [0.5, 0.6) is 0 Å². The highest BCUT2D eigenvalue weighted by Gasteiger charge is 1.96. The molecule has 0 unspecified atom stereocenters. The number of hydrogen-bond donors (Lipinski definition) is 1. The molecule has 1 rings (SSSR count). The Morgan fingerprint density at radius 1 is 1.05 bits per heavy atom. The number of unbranched alkanes of at least 4 members (excludes halogenated alkanes) is 6. The zero-order valence-electron chi connectivity index (χ0n) is 11.4. The molecule has 1 heterocycles. The quantitative estimate of drug-likeness (QED) is 0.639. The second kappa shape index (κ2) is 10.3. The van der Waals surface area contributed by atoms with Crippen LogP contribution in [0.15, 0.2) is 30.6 Å². The van der Waals surface area contributed by atoms with E-state index in [0.717, 1.165) is 25.7 Å². The Morgan fingerprint density at radius 2 is 1.68 bits per heavy atom. The molecule has 0 saturated carbocycles. The van der Waals surface area contributed by atoms with Crippen molar-refractivity contribution < 1.29 is 9.90 Å². The summed E-state index contributed by atoms with van der Waals surface area (Å²) in [6, 6.07) is 4.00. The topological polar surface area (TPSA) is 50.2 Å². The highest BCUT2D eigenvalue weighted by atomic mass is 16.4. The van der Waals surface area contributed by atoms with E-state index in [0.29, 0.717) is 6.42 Å². The zero-order chi connectivity index (χ0) is 13.8. The lowest BCUT2D eigenvalue weighted by molar-refractivity contribution is -0.137. The molecule has 0 fully saturated rings. The fraction of sp³-hybridized carbons (Fsp3) is 0.500. The van der Waals surface area contributed by atoms with Gasteiger partial charge in [0.2, 0.25) is 0 Å². The molecule has 0 spiro atoms. The van der Waals surface area contributed by atoms with Crippen molar-refractivity contribution in [2.24, 2.45) is 0 Å². The third kappa shape index (κ3) is 9.00. The van der Waals surface area contributed by atoms with Crippen LogP contribution in [0, 0.1) is 0 Å². The maximum atomic E-state index is 10.3. The average molecular weight is 261 g/mol. The number of hydrogen-bond acceptors (Lipinski definition) is 2. The van der Waals surface area contributed by atoms with Crippen LogP contribution in [0.1, 0.15) is 56.9 Å². The van der Waals surface area contributed by atoms with Crippen LogP contribution in [0.25, 0.3) is 6.08 Å². The van der Waals surface area contributed by atoms with E-state index in [-0.39, 0.29) is 0 Å². The van der Waals surface area contributed by atoms with Crippen LogP contribution < -0.4 is 0 Å². The summed E-state index contributed by atoms with van der Waals surface area (Å²) >= 11 is 0. The molecule has 19 heavy (non-hydrogen) atoms. The number of aromatic nitrogens is 1. The van der Waals surface area contributed by atoms with Gasteiger partial charge in [0.15, 0.2) is 0 Å². The maximum Gasteiger partial charge on any atom is 0.303 e. The number of carboxylic acids is 1. The monoisotopic (exact) mass is 261 g/mol. The largest absolute Gasteiger partial charge is 0.481 e. The molecule has 0 saturated heterocycles. The van der Waals surface area contributed by atoms with E-state index in [1.54, 1.807) is 12.4 Å². The summed E-state index contributed by atoms with van der Waals surface area (Å²) in [6.45, 7) is 0. The summed E-state index contributed by atoms with van der Waals surface area (Å²) < 4.78 is 0. The fourth-order valence-electron chi connectivity index (χ4n) is 1.94. The van der Waals surface area contributed by atoms with Crippen LogP contribution >= 0.6 is 0 Å². The van der Waals surface area contributed by atoms with Crippen LogP contribution in [0.3, 0.4) is 0 Å². The molecule has 0 radical (unpaired) electrons. The van der Waals surface area contributed by atoms with E-state index in [1.165, 1.54) is 24.8 Å². The number of rotatable bonds is 10. The first-order chi connectivity index (χ1) is 9.29. The summed E-state index contributed by atoms with van der Waals surface area (Å²) in [5.74, 6) is -0.679. The van der Waals surface area contributed by atoms with Crippen molar-refractivity contribution in [1.82, 2.24) is 4.98 Å². The molecule has 0 aliphatic carbocycles. The van der Waals surface area contributed by atoms with E-state index in [9.17, 15) is 4.79 Å². The van der Waals surface area contributed by atoms with Crippen LogP contribution in [-0.4, -0.2) is 16.1 Å². The minimum absolute atomic E-state index is 0.314. The molecule has 1 aromatic rings. The molecule has 1 aromatic heterocycles. The van der Waals surface area contributed by atoms with E-state index >= 15 is 0 Å². The smallest absolute Gasteiger partial charge is 0.303 e. The van der Waals surface area contributed by atoms with Crippen molar-refractivity contribution in [1.29, 1.82) is 0 Å². The zero-order valence-corrected chi connectivity index (χ0v) is 11.4. The molecular formula is C16H23NO2. The van der Waals surface area contributed by atoms with Crippen molar-refractivity contribution in [3.63, 3.8) is 0 Å². The van der Waals surface area contributed by atoms with Gasteiger partial charge in [0.05, 0.1) is 0 Å². The van der Waals surface area contributed by atoms with Gasteiger partial charge in [-0.2, -0.15) is 0 Å². The van der Waals surface area contributed by atoms with Gasteiger partial charge >= 0.3 is 5.97 Å². The van der Waals surface area contributed by atoms with Gasteiger partial charge in [-0.15, -0.1) is 0 Å². The number of aliphatic carboxylic acids is 1. The molecule has 1 N–H and O–H groups in total. The summed E-state index contributed by atoms with van der Waals surface area (Å²) in [5, 5.41) is 8.50. The molecule has 0 aliphatic heterocycles. The second-order valence-electron chi connectivity index (χ2n) is 4.74. The fourth-order valence-corrected chi connectivity index (χ4v) is 1.94. The standard InChI is InChI=1S/C16H23NO2/c18-16(19)10-8-6-4-2-1-3-5-7-9-15-11-13-17-14-12-15/h7,9,11-14H,1-6,8,10H2,(H,18,19).